The molecule has 5 nitrogen and oxygen atoms in total. The zero-order valence-electron chi connectivity index (χ0n) is 14.3. The molecule has 2 heterocycles. The summed E-state index contributed by atoms with van der Waals surface area (Å²) in [5.74, 6) is -0.891. The van der Waals surface area contributed by atoms with Crippen LogP contribution in [0, 0.1) is 6.92 Å². The second kappa shape index (κ2) is 7.36. The van der Waals surface area contributed by atoms with Crippen LogP contribution in [0.25, 0.3) is 10.9 Å². The Morgan fingerprint density at radius 1 is 1.21 bits per heavy atom. The first kappa shape index (κ1) is 17.0. The van der Waals surface area contributed by atoms with Gasteiger partial charge in [0.05, 0.1) is 11.1 Å². The molecule has 24 heavy (non-hydrogen) atoms. The first-order valence-corrected chi connectivity index (χ1v) is 8.79. The minimum atomic E-state index is -0.891. The predicted molar refractivity (Wildman–Crippen MR) is 94.7 cm³/mol. The van der Waals surface area contributed by atoms with E-state index in [9.17, 15) is 9.90 Å². The van der Waals surface area contributed by atoms with Gasteiger partial charge in [0.2, 0.25) is 0 Å². The second-order valence-corrected chi connectivity index (χ2v) is 6.74. The molecule has 0 radical (unpaired) electrons. The number of hydrogen-bond acceptors (Lipinski definition) is 3. The fraction of sp³-hybridized carbons (Fsp3) is 0.526. The van der Waals surface area contributed by atoms with Gasteiger partial charge in [-0.2, -0.15) is 0 Å². The number of aromatic nitrogens is 1. The Hall–Kier alpha value is -1.85. The molecule has 0 atom stereocenters. The summed E-state index contributed by atoms with van der Waals surface area (Å²) >= 11 is 0. The van der Waals surface area contributed by atoms with E-state index in [2.05, 4.69) is 17.2 Å². The molecule has 1 aromatic carbocycles. The van der Waals surface area contributed by atoms with Crippen molar-refractivity contribution in [3.8, 4) is 0 Å². The molecule has 1 fully saturated rings. The SMILES string of the molecule is Cc1cc(C(=O)O)c2c(c1)c(CCN1CCCC1)cn2CCCO. The van der Waals surface area contributed by atoms with E-state index in [0.29, 0.717) is 18.5 Å². The number of carboxylic acid groups (broad SMARTS) is 1. The van der Waals surface area contributed by atoms with Crippen LogP contribution in [0.3, 0.4) is 0 Å². The highest BCUT2D eigenvalue weighted by Crippen LogP contribution is 2.28. The van der Waals surface area contributed by atoms with E-state index in [-0.39, 0.29) is 6.61 Å². The van der Waals surface area contributed by atoms with E-state index in [0.717, 1.165) is 29.4 Å². The average molecular weight is 330 g/mol. The largest absolute Gasteiger partial charge is 0.478 e. The molecule has 0 saturated carbocycles. The summed E-state index contributed by atoms with van der Waals surface area (Å²) in [4.78, 5) is 14.2. The van der Waals surface area contributed by atoms with E-state index in [1.165, 1.54) is 31.5 Å². The third kappa shape index (κ3) is 3.47. The minimum Gasteiger partial charge on any atom is -0.478 e. The quantitative estimate of drug-likeness (QED) is 0.819. The van der Waals surface area contributed by atoms with E-state index < -0.39 is 5.97 Å². The lowest BCUT2D eigenvalue weighted by atomic mass is 10.0. The molecule has 0 spiro atoms. The van der Waals surface area contributed by atoms with Gasteiger partial charge in [0.15, 0.2) is 0 Å². The van der Waals surface area contributed by atoms with Crippen molar-refractivity contribution in [2.75, 3.05) is 26.2 Å². The molecule has 1 aliphatic rings. The third-order valence-electron chi connectivity index (χ3n) is 4.88. The molecule has 2 aromatic rings. The van der Waals surface area contributed by atoms with Crippen LogP contribution in [0.1, 0.15) is 40.7 Å². The van der Waals surface area contributed by atoms with Gasteiger partial charge < -0.3 is 19.7 Å². The van der Waals surface area contributed by atoms with Crippen LogP contribution in [-0.4, -0.2) is 51.9 Å². The molecule has 0 bridgehead atoms. The Balaban J connectivity index is 1.99. The lowest BCUT2D eigenvalue weighted by Crippen LogP contribution is -2.21. The van der Waals surface area contributed by atoms with Crippen molar-refractivity contribution >= 4 is 16.9 Å². The summed E-state index contributed by atoms with van der Waals surface area (Å²) in [6.07, 6.45) is 6.21. The number of likely N-dealkylation sites (tertiary alicyclic amines) is 1. The molecule has 1 aliphatic heterocycles. The van der Waals surface area contributed by atoms with Gasteiger partial charge in [0.25, 0.3) is 0 Å². The number of aromatic carboxylic acids is 1. The Bertz CT molecular complexity index is 730. The highest BCUT2D eigenvalue weighted by molar-refractivity contribution is 6.03. The summed E-state index contributed by atoms with van der Waals surface area (Å²) in [6, 6.07) is 3.83. The van der Waals surface area contributed by atoms with Crippen LogP contribution in [0.15, 0.2) is 18.3 Å². The van der Waals surface area contributed by atoms with Crippen molar-refractivity contribution in [2.45, 2.75) is 39.2 Å². The second-order valence-electron chi connectivity index (χ2n) is 6.74. The molecular weight excluding hydrogens is 304 g/mol. The molecule has 0 aliphatic carbocycles. The lowest BCUT2D eigenvalue weighted by molar-refractivity contribution is 0.0698. The highest BCUT2D eigenvalue weighted by Gasteiger charge is 2.18. The number of rotatable bonds is 7. The molecule has 1 aromatic heterocycles. The molecular formula is C19H26N2O3. The number of nitrogens with zero attached hydrogens (tertiary/aromatic N) is 2. The number of benzene rings is 1. The van der Waals surface area contributed by atoms with E-state index >= 15 is 0 Å². The third-order valence-corrected chi connectivity index (χ3v) is 4.88. The van der Waals surface area contributed by atoms with Crippen LogP contribution in [0.2, 0.25) is 0 Å². The molecule has 5 heteroatoms. The fourth-order valence-electron chi connectivity index (χ4n) is 3.72. The van der Waals surface area contributed by atoms with Crippen LogP contribution < -0.4 is 0 Å². The molecule has 1 saturated heterocycles. The van der Waals surface area contributed by atoms with Crippen molar-refractivity contribution in [1.29, 1.82) is 0 Å². The zero-order chi connectivity index (χ0) is 17.1. The summed E-state index contributed by atoms with van der Waals surface area (Å²) in [7, 11) is 0. The van der Waals surface area contributed by atoms with Crippen LogP contribution in [-0.2, 0) is 13.0 Å². The summed E-state index contributed by atoms with van der Waals surface area (Å²) in [5.41, 5.74) is 3.33. The molecule has 0 unspecified atom stereocenters. The maximum absolute atomic E-state index is 11.7. The van der Waals surface area contributed by atoms with Gasteiger partial charge in [-0.05, 0) is 69.0 Å². The maximum Gasteiger partial charge on any atom is 0.337 e. The molecule has 0 amide bonds. The smallest absolute Gasteiger partial charge is 0.337 e. The van der Waals surface area contributed by atoms with E-state index in [1.54, 1.807) is 6.07 Å². The highest BCUT2D eigenvalue weighted by atomic mass is 16.4. The van der Waals surface area contributed by atoms with Crippen LogP contribution >= 0.6 is 0 Å². The van der Waals surface area contributed by atoms with Gasteiger partial charge in [0, 0.05) is 31.3 Å². The molecule has 3 rings (SSSR count). The van der Waals surface area contributed by atoms with Gasteiger partial charge in [-0.3, -0.25) is 0 Å². The van der Waals surface area contributed by atoms with Gasteiger partial charge in [-0.25, -0.2) is 4.79 Å². The Kier molecular flexibility index (Phi) is 5.21. The summed E-state index contributed by atoms with van der Waals surface area (Å²) in [6.45, 7) is 6.05. The van der Waals surface area contributed by atoms with Gasteiger partial charge in [-0.15, -0.1) is 0 Å². The molecule has 130 valence electrons. The number of hydrogen-bond donors (Lipinski definition) is 2. The topological polar surface area (TPSA) is 65.7 Å². The first-order valence-electron chi connectivity index (χ1n) is 8.79. The van der Waals surface area contributed by atoms with Gasteiger partial charge >= 0.3 is 5.97 Å². The Labute approximate surface area is 142 Å². The monoisotopic (exact) mass is 330 g/mol. The predicted octanol–water partition coefficient (Wildman–Crippen LogP) is 2.67. The standard InChI is InChI=1S/C19H26N2O3/c1-14-11-16-15(5-9-20-6-2-3-7-20)13-21(8-4-10-22)18(16)17(12-14)19(23)24/h11-13,22H,2-10H2,1H3,(H,23,24). The van der Waals surface area contributed by atoms with Gasteiger partial charge in [0.1, 0.15) is 0 Å². The number of carbonyl (C=O) groups is 1. The summed E-state index contributed by atoms with van der Waals surface area (Å²) < 4.78 is 2.01. The Morgan fingerprint density at radius 3 is 2.62 bits per heavy atom. The van der Waals surface area contributed by atoms with Crippen molar-refractivity contribution in [2.24, 2.45) is 0 Å². The normalized spacial score (nSPS) is 15.4. The lowest BCUT2D eigenvalue weighted by Gasteiger charge is -2.13. The Morgan fingerprint density at radius 2 is 1.96 bits per heavy atom. The average Bonchev–Trinajstić information content (AvgIpc) is 3.18. The minimum absolute atomic E-state index is 0.108. The van der Waals surface area contributed by atoms with Crippen molar-refractivity contribution in [3.63, 3.8) is 0 Å². The number of aliphatic hydroxyl groups excluding tert-OH is 1. The zero-order valence-corrected chi connectivity index (χ0v) is 14.3. The summed E-state index contributed by atoms with van der Waals surface area (Å²) in [5, 5.41) is 19.8. The number of carboxylic acids is 1. The van der Waals surface area contributed by atoms with Crippen LogP contribution in [0.4, 0.5) is 0 Å². The van der Waals surface area contributed by atoms with E-state index in [4.69, 9.17) is 5.11 Å². The number of aryl methyl sites for hydroxylation is 2. The van der Waals surface area contributed by atoms with Crippen molar-refractivity contribution in [1.82, 2.24) is 9.47 Å². The number of aliphatic hydroxyl groups is 1. The first-order chi connectivity index (χ1) is 11.6. The van der Waals surface area contributed by atoms with Crippen LogP contribution in [0.5, 0.6) is 0 Å². The fourth-order valence-corrected chi connectivity index (χ4v) is 3.72. The van der Waals surface area contributed by atoms with Crippen molar-refractivity contribution < 1.29 is 15.0 Å². The number of fused-ring (bicyclic) bond motifs is 1. The van der Waals surface area contributed by atoms with Crippen molar-refractivity contribution in [3.05, 3.63) is 35.0 Å². The van der Waals surface area contributed by atoms with Gasteiger partial charge in [-0.1, -0.05) is 0 Å². The molecule has 2 N–H and O–H groups in total. The van der Waals surface area contributed by atoms with E-state index in [1.807, 2.05) is 11.5 Å². The maximum atomic E-state index is 11.7.